The number of carbonyl (C=O) groups is 1. The normalized spacial score (nSPS) is 11.2. The molecule has 0 saturated heterocycles. The first-order chi connectivity index (χ1) is 15.4. The van der Waals surface area contributed by atoms with Crippen LogP contribution in [0.2, 0.25) is 0 Å². The zero-order chi connectivity index (χ0) is 22.8. The molecule has 0 aliphatic carbocycles. The van der Waals surface area contributed by atoms with E-state index in [1.807, 2.05) is 44.3 Å². The molecule has 0 aliphatic rings. The number of anilines is 1. The number of benzene rings is 1. The fraction of sp³-hybridized carbons (Fsp3) is 0.261. The first kappa shape index (κ1) is 21.2. The molecule has 0 aliphatic heterocycles. The molecule has 164 valence electrons. The van der Waals surface area contributed by atoms with E-state index in [1.165, 1.54) is 4.57 Å². The topological polar surface area (TPSA) is 115 Å². The molecule has 1 amide bonds. The second-order valence-corrected chi connectivity index (χ2v) is 7.81. The lowest BCUT2D eigenvalue weighted by Crippen LogP contribution is -2.32. The number of hydrogen-bond donors (Lipinski definition) is 2. The van der Waals surface area contributed by atoms with Gasteiger partial charge < -0.3 is 5.32 Å². The van der Waals surface area contributed by atoms with Gasteiger partial charge in [-0.05, 0) is 42.7 Å². The fourth-order valence-corrected chi connectivity index (χ4v) is 3.59. The largest absolute Gasteiger partial charge is 0.329 e. The van der Waals surface area contributed by atoms with Crippen molar-refractivity contribution in [2.75, 3.05) is 5.32 Å². The number of hydrogen-bond acceptors (Lipinski definition) is 5. The van der Waals surface area contributed by atoms with Crippen molar-refractivity contribution in [2.45, 2.75) is 39.8 Å². The Labute approximate surface area is 183 Å². The van der Waals surface area contributed by atoms with Crippen molar-refractivity contribution in [3.63, 3.8) is 0 Å². The monoisotopic (exact) mass is 432 g/mol. The van der Waals surface area contributed by atoms with Crippen LogP contribution in [0, 0.1) is 0 Å². The van der Waals surface area contributed by atoms with Gasteiger partial charge in [0.05, 0.1) is 17.5 Å². The summed E-state index contributed by atoms with van der Waals surface area (Å²) >= 11 is 0. The van der Waals surface area contributed by atoms with Gasteiger partial charge in [-0.25, -0.2) is 9.78 Å². The molecule has 0 unspecified atom stereocenters. The number of rotatable bonds is 6. The third-order valence-corrected chi connectivity index (χ3v) is 5.21. The Bertz CT molecular complexity index is 1400. The van der Waals surface area contributed by atoms with E-state index in [-0.39, 0.29) is 22.5 Å². The number of aromatic nitrogens is 5. The van der Waals surface area contributed by atoms with Crippen LogP contribution in [0.25, 0.3) is 11.0 Å². The molecule has 0 saturated carbocycles. The highest BCUT2D eigenvalue weighted by molar-refractivity contribution is 6.11. The van der Waals surface area contributed by atoms with Crippen molar-refractivity contribution in [3.05, 3.63) is 86.5 Å². The summed E-state index contributed by atoms with van der Waals surface area (Å²) in [4.78, 5) is 45.0. The Hall–Kier alpha value is -4.01. The van der Waals surface area contributed by atoms with E-state index in [0.29, 0.717) is 24.5 Å². The van der Waals surface area contributed by atoms with Gasteiger partial charge in [0, 0.05) is 30.3 Å². The van der Waals surface area contributed by atoms with Crippen LogP contribution >= 0.6 is 0 Å². The highest BCUT2D eigenvalue weighted by Gasteiger charge is 2.20. The summed E-state index contributed by atoms with van der Waals surface area (Å²) in [7, 11) is 0. The predicted molar refractivity (Wildman–Crippen MR) is 122 cm³/mol. The van der Waals surface area contributed by atoms with E-state index < -0.39 is 17.2 Å². The lowest BCUT2D eigenvalue weighted by molar-refractivity contribution is 0.102. The number of nitrogens with one attached hydrogen (secondary N) is 2. The van der Waals surface area contributed by atoms with E-state index in [0.717, 1.165) is 5.56 Å². The van der Waals surface area contributed by atoms with E-state index >= 15 is 0 Å². The average Bonchev–Trinajstić information content (AvgIpc) is 3.26. The Balaban J connectivity index is 1.77. The molecule has 0 radical (unpaired) electrons. The van der Waals surface area contributed by atoms with Gasteiger partial charge in [0.1, 0.15) is 0 Å². The van der Waals surface area contributed by atoms with E-state index in [9.17, 15) is 14.4 Å². The minimum Gasteiger partial charge on any atom is -0.322 e. The molecule has 1 aromatic carbocycles. The molecular weight excluding hydrogens is 408 g/mol. The fourth-order valence-electron chi connectivity index (χ4n) is 3.59. The van der Waals surface area contributed by atoms with Crippen LogP contribution in [0.5, 0.6) is 0 Å². The summed E-state index contributed by atoms with van der Waals surface area (Å²) in [6.45, 7) is 6.55. The van der Waals surface area contributed by atoms with Gasteiger partial charge in [0.2, 0.25) is 0 Å². The van der Waals surface area contributed by atoms with Crippen molar-refractivity contribution < 1.29 is 4.79 Å². The molecule has 0 bridgehead atoms. The minimum absolute atomic E-state index is 0.00282. The third-order valence-electron chi connectivity index (χ3n) is 5.21. The van der Waals surface area contributed by atoms with Crippen LogP contribution in [0.1, 0.15) is 48.3 Å². The van der Waals surface area contributed by atoms with Crippen LogP contribution in [-0.4, -0.2) is 30.2 Å². The Morgan fingerprint density at radius 3 is 2.69 bits per heavy atom. The maximum atomic E-state index is 13.3. The summed E-state index contributed by atoms with van der Waals surface area (Å²) in [6.07, 6.45) is 3.57. The van der Waals surface area contributed by atoms with Crippen LogP contribution < -0.4 is 16.6 Å². The molecule has 0 fully saturated rings. The quantitative estimate of drug-likeness (QED) is 0.486. The average molecular weight is 432 g/mol. The van der Waals surface area contributed by atoms with Gasteiger partial charge >= 0.3 is 5.69 Å². The highest BCUT2D eigenvalue weighted by atomic mass is 16.2. The minimum atomic E-state index is -0.630. The molecular formula is C23H24N6O3. The number of carbonyl (C=O) groups excluding carboxylic acids is 1. The molecule has 32 heavy (non-hydrogen) atoms. The third kappa shape index (κ3) is 4.09. The number of amides is 1. The molecule has 9 nitrogen and oxygen atoms in total. The number of aromatic amines is 1. The van der Waals surface area contributed by atoms with E-state index in [2.05, 4.69) is 20.4 Å². The summed E-state index contributed by atoms with van der Waals surface area (Å²) in [5.74, 6) is -0.439. The first-order valence-corrected chi connectivity index (χ1v) is 10.4. The van der Waals surface area contributed by atoms with E-state index in [1.54, 1.807) is 29.9 Å². The van der Waals surface area contributed by atoms with Crippen LogP contribution in [0.3, 0.4) is 0 Å². The van der Waals surface area contributed by atoms with Crippen molar-refractivity contribution in [2.24, 2.45) is 0 Å². The zero-order valence-corrected chi connectivity index (χ0v) is 18.1. The van der Waals surface area contributed by atoms with Crippen molar-refractivity contribution in [1.82, 2.24) is 24.3 Å². The van der Waals surface area contributed by atoms with Gasteiger partial charge in [-0.1, -0.05) is 26.0 Å². The zero-order valence-electron chi connectivity index (χ0n) is 18.1. The first-order valence-electron chi connectivity index (χ1n) is 10.4. The lowest BCUT2D eigenvalue weighted by atomic mass is 10.0. The highest BCUT2D eigenvalue weighted by Crippen LogP contribution is 2.21. The number of H-pyrrole nitrogens is 1. The second kappa shape index (κ2) is 8.62. The van der Waals surface area contributed by atoms with Crippen LogP contribution in [0.15, 0.2) is 58.4 Å². The maximum absolute atomic E-state index is 13.3. The second-order valence-electron chi connectivity index (χ2n) is 7.81. The van der Waals surface area contributed by atoms with Crippen molar-refractivity contribution in [3.8, 4) is 0 Å². The van der Waals surface area contributed by atoms with Crippen molar-refractivity contribution in [1.29, 1.82) is 0 Å². The van der Waals surface area contributed by atoms with Gasteiger partial charge in [0.15, 0.2) is 5.65 Å². The molecule has 0 atom stereocenters. The molecule has 0 spiro atoms. The van der Waals surface area contributed by atoms with Gasteiger partial charge in [-0.15, -0.1) is 0 Å². The van der Waals surface area contributed by atoms with Gasteiger partial charge in [0.25, 0.3) is 11.5 Å². The van der Waals surface area contributed by atoms with Crippen LogP contribution in [0.4, 0.5) is 5.69 Å². The summed E-state index contributed by atoms with van der Waals surface area (Å²) in [5.41, 5.74) is 1.40. The maximum Gasteiger partial charge on any atom is 0.329 e. The summed E-state index contributed by atoms with van der Waals surface area (Å²) in [5, 5.41) is 7.18. The molecule has 2 N–H and O–H groups in total. The standard InChI is InChI=1S/C23H24N6O3/c1-4-29-20-19(22(31)27-23(29)32)17(12-18(26-20)14(2)3)21(30)25-16-8-5-7-15(11-16)13-28-10-6-9-24-28/h5-12,14H,4,13H2,1-3H3,(H,25,30)(H,27,31,32). The summed E-state index contributed by atoms with van der Waals surface area (Å²) < 4.78 is 3.15. The smallest absolute Gasteiger partial charge is 0.322 e. The molecule has 3 heterocycles. The van der Waals surface area contributed by atoms with E-state index in [4.69, 9.17) is 0 Å². The molecule has 3 aromatic heterocycles. The lowest BCUT2D eigenvalue weighted by Gasteiger charge is -2.14. The summed E-state index contributed by atoms with van der Waals surface area (Å²) in [6, 6.07) is 10.9. The van der Waals surface area contributed by atoms with Gasteiger partial charge in [-0.2, -0.15) is 5.10 Å². The Morgan fingerprint density at radius 1 is 1.19 bits per heavy atom. The number of aryl methyl sites for hydroxylation is 1. The number of fused-ring (bicyclic) bond motifs is 1. The predicted octanol–water partition coefficient (Wildman–Crippen LogP) is 2.73. The number of pyridine rings is 1. The number of nitrogens with zero attached hydrogens (tertiary/aromatic N) is 4. The van der Waals surface area contributed by atoms with Crippen LogP contribution in [-0.2, 0) is 13.1 Å². The Morgan fingerprint density at radius 2 is 2.00 bits per heavy atom. The van der Waals surface area contributed by atoms with Crippen molar-refractivity contribution >= 4 is 22.6 Å². The van der Waals surface area contributed by atoms with Gasteiger partial charge in [-0.3, -0.25) is 23.8 Å². The molecule has 4 rings (SSSR count). The SMILES string of the molecule is CCn1c(=O)[nH]c(=O)c2c(C(=O)Nc3cccc(Cn4cccn4)c3)cc(C(C)C)nc21. The Kier molecular flexibility index (Phi) is 5.72. The molecule has 4 aromatic rings. The molecule has 9 heteroatoms.